The molecule has 1 fully saturated rings. The standard InChI is InChI=1S/C14H12F3N3O4S/c15-14(16,17)7-24-9-3-1-2-8(4-9)6-18-20-13-19-12(23)10(25-13)5-11(21)22/h1-4,6,10H,5,7H2,(H,21,22)(H,19,20,23). The van der Waals surface area contributed by atoms with Crippen molar-refractivity contribution < 1.29 is 32.6 Å². The van der Waals surface area contributed by atoms with Gasteiger partial charge >= 0.3 is 12.1 Å². The number of nitrogens with one attached hydrogen (secondary N) is 1. The van der Waals surface area contributed by atoms with E-state index in [2.05, 4.69) is 20.3 Å². The van der Waals surface area contributed by atoms with E-state index in [1.165, 1.54) is 24.4 Å². The lowest BCUT2D eigenvalue weighted by atomic mass is 10.2. The number of carbonyl (C=O) groups is 2. The zero-order valence-corrected chi connectivity index (χ0v) is 13.3. The van der Waals surface area contributed by atoms with Gasteiger partial charge in [0.25, 0.3) is 0 Å². The molecule has 2 rings (SSSR count). The van der Waals surface area contributed by atoms with Crippen molar-refractivity contribution in [2.75, 3.05) is 6.61 Å². The van der Waals surface area contributed by atoms with E-state index in [-0.39, 0.29) is 17.3 Å². The van der Waals surface area contributed by atoms with Crippen LogP contribution in [0.2, 0.25) is 0 Å². The monoisotopic (exact) mass is 375 g/mol. The average molecular weight is 375 g/mol. The van der Waals surface area contributed by atoms with Gasteiger partial charge in [0.15, 0.2) is 11.8 Å². The summed E-state index contributed by atoms with van der Waals surface area (Å²) in [5, 5.41) is 17.9. The van der Waals surface area contributed by atoms with Crippen LogP contribution in [0.3, 0.4) is 0 Å². The number of thioether (sulfide) groups is 1. The molecule has 0 aromatic heterocycles. The fraction of sp³-hybridized carbons (Fsp3) is 0.286. The molecule has 1 saturated heterocycles. The number of halogens is 3. The molecule has 1 aromatic rings. The van der Waals surface area contributed by atoms with E-state index < -0.39 is 29.9 Å². The van der Waals surface area contributed by atoms with Crippen LogP contribution < -0.4 is 10.1 Å². The second-order valence-corrected chi connectivity index (χ2v) is 6.01. The van der Waals surface area contributed by atoms with Gasteiger partial charge in [-0.05, 0) is 17.7 Å². The van der Waals surface area contributed by atoms with E-state index in [0.717, 1.165) is 11.8 Å². The summed E-state index contributed by atoms with van der Waals surface area (Å²) >= 11 is 0.941. The van der Waals surface area contributed by atoms with Crippen LogP contribution in [0.5, 0.6) is 5.75 Å². The number of amides is 1. The molecule has 0 aliphatic carbocycles. The second-order valence-electron chi connectivity index (χ2n) is 4.82. The van der Waals surface area contributed by atoms with E-state index in [1.807, 2.05) is 0 Å². The predicted molar refractivity (Wildman–Crippen MR) is 84.8 cm³/mol. The van der Waals surface area contributed by atoms with Crippen molar-refractivity contribution in [1.82, 2.24) is 5.32 Å². The number of hydrogen-bond donors (Lipinski definition) is 2. The highest BCUT2D eigenvalue weighted by Gasteiger charge is 2.32. The Morgan fingerprint density at radius 2 is 2.20 bits per heavy atom. The maximum absolute atomic E-state index is 12.1. The van der Waals surface area contributed by atoms with Crippen molar-refractivity contribution in [3.05, 3.63) is 29.8 Å². The van der Waals surface area contributed by atoms with Crippen LogP contribution in [0.4, 0.5) is 13.2 Å². The number of alkyl halides is 3. The van der Waals surface area contributed by atoms with Crippen molar-refractivity contribution in [1.29, 1.82) is 0 Å². The normalized spacial score (nSPS) is 19.4. The molecule has 25 heavy (non-hydrogen) atoms. The van der Waals surface area contributed by atoms with Gasteiger partial charge in [-0.15, -0.1) is 5.10 Å². The molecule has 134 valence electrons. The Morgan fingerprint density at radius 3 is 2.88 bits per heavy atom. The largest absolute Gasteiger partial charge is 0.484 e. The average Bonchev–Trinajstić information content (AvgIpc) is 2.84. The van der Waals surface area contributed by atoms with Crippen LogP contribution in [0, 0.1) is 0 Å². The number of hydrogen-bond acceptors (Lipinski definition) is 6. The molecule has 1 aromatic carbocycles. The maximum atomic E-state index is 12.1. The summed E-state index contributed by atoms with van der Waals surface area (Å²) in [5.41, 5.74) is 0.445. The number of carboxylic acid groups (broad SMARTS) is 1. The van der Waals surface area contributed by atoms with Crippen LogP contribution >= 0.6 is 11.8 Å². The quantitative estimate of drug-likeness (QED) is 0.585. The Balaban J connectivity index is 1.96. The van der Waals surface area contributed by atoms with Crippen LogP contribution in [-0.2, 0) is 9.59 Å². The Kier molecular flexibility index (Phi) is 6.02. The molecule has 1 atom stereocenters. The van der Waals surface area contributed by atoms with Crippen molar-refractivity contribution in [3.63, 3.8) is 0 Å². The van der Waals surface area contributed by atoms with Gasteiger partial charge in [0.2, 0.25) is 5.91 Å². The Morgan fingerprint density at radius 1 is 1.44 bits per heavy atom. The molecular formula is C14H12F3N3O4S. The first-order valence-electron chi connectivity index (χ1n) is 6.83. The second kappa shape index (κ2) is 8.01. The predicted octanol–water partition coefficient (Wildman–Crippen LogP) is 2.02. The van der Waals surface area contributed by atoms with Crippen molar-refractivity contribution >= 4 is 35.0 Å². The van der Waals surface area contributed by atoms with Crippen LogP contribution in [-0.4, -0.2) is 46.4 Å². The van der Waals surface area contributed by atoms with Crippen LogP contribution in [0.25, 0.3) is 0 Å². The zero-order valence-electron chi connectivity index (χ0n) is 12.5. The lowest BCUT2D eigenvalue weighted by Crippen LogP contribution is -2.26. The topological polar surface area (TPSA) is 100 Å². The number of amidine groups is 1. The highest BCUT2D eigenvalue weighted by atomic mass is 32.2. The molecule has 1 amide bonds. The van der Waals surface area contributed by atoms with E-state index in [9.17, 15) is 22.8 Å². The van der Waals surface area contributed by atoms with Gasteiger partial charge in [0.1, 0.15) is 11.0 Å². The molecule has 11 heteroatoms. The summed E-state index contributed by atoms with van der Waals surface area (Å²) in [5.74, 6) is -1.55. The minimum absolute atomic E-state index is 0.0268. The van der Waals surface area contributed by atoms with Crippen molar-refractivity contribution in [2.24, 2.45) is 10.2 Å². The molecule has 1 unspecified atom stereocenters. The summed E-state index contributed by atoms with van der Waals surface area (Å²) in [4.78, 5) is 22.1. The van der Waals surface area contributed by atoms with Gasteiger partial charge in [-0.1, -0.05) is 23.9 Å². The Labute approximate surface area is 144 Å². The highest BCUT2D eigenvalue weighted by Crippen LogP contribution is 2.22. The molecule has 7 nitrogen and oxygen atoms in total. The van der Waals surface area contributed by atoms with Gasteiger partial charge in [-0.3, -0.25) is 9.59 Å². The van der Waals surface area contributed by atoms with E-state index in [1.54, 1.807) is 6.07 Å². The number of nitrogens with zero attached hydrogens (tertiary/aromatic N) is 2. The molecule has 0 spiro atoms. The SMILES string of the molecule is O=C(O)CC1SC(=NN=Cc2cccc(OCC(F)(F)F)c2)NC1=O. The Bertz CT molecular complexity index is 722. The first kappa shape index (κ1) is 18.8. The van der Waals surface area contributed by atoms with E-state index in [0.29, 0.717) is 5.56 Å². The summed E-state index contributed by atoms with van der Waals surface area (Å²) in [6.07, 6.45) is -3.50. The van der Waals surface area contributed by atoms with Gasteiger partial charge in [-0.2, -0.15) is 18.3 Å². The summed E-state index contributed by atoms with van der Waals surface area (Å²) in [7, 11) is 0. The first-order chi connectivity index (χ1) is 11.7. The lowest BCUT2D eigenvalue weighted by Gasteiger charge is -2.09. The third-order valence-electron chi connectivity index (χ3n) is 2.75. The number of aliphatic carboxylic acids is 1. The molecule has 1 heterocycles. The number of carboxylic acids is 1. The third-order valence-corrected chi connectivity index (χ3v) is 3.82. The smallest absolute Gasteiger partial charge is 0.422 e. The molecule has 0 radical (unpaired) electrons. The minimum Gasteiger partial charge on any atom is -0.484 e. The number of rotatable bonds is 6. The number of ether oxygens (including phenoxy) is 1. The number of benzene rings is 1. The molecule has 2 N–H and O–H groups in total. The summed E-state index contributed by atoms with van der Waals surface area (Å²) < 4.78 is 41.0. The maximum Gasteiger partial charge on any atom is 0.422 e. The van der Waals surface area contributed by atoms with Gasteiger partial charge in [-0.25, -0.2) is 0 Å². The molecular weight excluding hydrogens is 363 g/mol. The fourth-order valence-electron chi connectivity index (χ4n) is 1.74. The minimum atomic E-state index is -4.43. The van der Waals surface area contributed by atoms with Gasteiger partial charge in [0.05, 0.1) is 12.6 Å². The van der Waals surface area contributed by atoms with Crippen LogP contribution in [0.15, 0.2) is 34.5 Å². The first-order valence-corrected chi connectivity index (χ1v) is 7.71. The summed E-state index contributed by atoms with van der Waals surface area (Å²) in [6, 6.07) is 5.80. The highest BCUT2D eigenvalue weighted by molar-refractivity contribution is 8.15. The van der Waals surface area contributed by atoms with E-state index in [4.69, 9.17) is 5.11 Å². The molecule has 0 bridgehead atoms. The number of carbonyl (C=O) groups excluding carboxylic acids is 1. The van der Waals surface area contributed by atoms with E-state index >= 15 is 0 Å². The molecule has 1 aliphatic heterocycles. The molecule has 1 aliphatic rings. The Hall–Kier alpha value is -2.56. The zero-order chi connectivity index (χ0) is 18.4. The summed E-state index contributed by atoms with van der Waals surface area (Å²) in [6.45, 7) is -1.40. The van der Waals surface area contributed by atoms with Crippen molar-refractivity contribution in [3.8, 4) is 5.75 Å². The molecule has 0 saturated carbocycles. The fourth-order valence-corrected chi connectivity index (χ4v) is 2.66. The van der Waals surface area contributed by atoms with Crippen molar-refractivity contribution in [2.45, 2.75) is 17.8 Å². The van der Waals surface area contributed by atoms with Gasteiger partial charge in [0, 0.05) is 0 Å². The van der Waals surface area contributed by atoms with Gasteiger partial charge < -0.3 is 15.2 Å². The van der Waals surface area contributed by atoms with Crippen LogP contribution in [0.1, 0.15) is 12.0 Å². The lowest BCUT2D eigenvalue weighted by molar-refractivity contribution is -0.153. The third kappa shape index (κ3) is 6.45.